The number of anilines is 1. The predicted octanol–water partition coefficient (Wildman–Crippen LogP) is 1.59. The van der Waals surface area contributed by atoms with E-state index in [1.54, 1.807) is 18.3 Å². The Morgan fingerprint density at radius 3 is 2.84 bits per heavy atom. The van der Waals surface area contributed by atoms with E-state index in [1.165, 1.54) is 10.9 Å². The highest BCUT2D eigenvalue weighted by Gasteiger charge is 2.11. The molecule has 0 fully saturated rings. The first-order chi connectivity index (χ1) is 9.04. The van der Waals surface area contributed by atoms with E-state index in [2.05, 4.69) is 31.3 Å². The highest BCUT2D eigenvalue weighted by molar-refractivity contribution is 9.10. The lowest BCUT2D eigenvalue weighted by Gasteiger charge is -2.03. The zero-order valence-electron chi connectivity index (χ0n) is 9.49. The first kappa shape index (κ1) is 13.1. The average molecular weight is 326 g/mol. The highest BCUT2D eigenvalue weighted by Crippen LogP contribution is 2.11. The zero-order chi connectivity index (χ0) is 13.8. The second-order valence-electron chi connectivity index (χ2n) is 3.56. The van der Waals surface area contributed by atoms with Crippen LogP contribution in [0.5, 0.6) is 0 Å². The number of nitrogens with one attached hydrogen (secondary N) is 1. The summed E-state index contributed by atoms with van der Waals surface area (Å²) in [5.74, 6) is 0.0303. The molecule has 0 aliphatic heterocycles. The van der Waals surface area contributed by atoms with Crippen LogP contribution in [0, 0.1) is 10.1 Å². The Hall–Kier alpha value is -2.29. The van der Waals surface area contributed by atoms with E-state index in [4.69, 9.17) is 0 Å². The number of nitrogens with zero attached hydrogens (tertiary/aromatic N) is 4. The number of nitro groups is 1. The molecular weight excluding hydrogens is 318 g/mol. The van der Waals surface area contributed by atoms with Crippen LogP contribution in [-0.4, -0.2) is 25.6 Å². The molecule has 0 atom stereocenters. The molecule has 0 radical (unpaired) electrons. The summed E-state index contributed by atoms with van der Waals surface area (Å²) in [5, 5.41) is 16.7. The molecule has 0 saturated heterocycles. The summed E-state index contributed by atoms with van der Waals surface area (Å²) in [6.07, 6.45) is 3.83. The number of amides is 1. The number of rotatable bonds is 4. The van der Waals surface area contributed by atoms with Gasteiger partial charge in [-0.1, -0.05) is 0 Å². The molecule has 9 heteroatoms. The smallest absolute Gasteiger partial charge is 0.307 e. The summed E-state index contributed by atoms with van der Waals surface area (Å²) in [7, 11) is 0. The van der Waals surface area contributed by atoms with Crippen molar-refractivity contribution in [3.63, 3.8) is 0 Å². The topological polar surface area (TPSA) is 103 Å². The van der Waals surface area contributed by atoms with Crippen LogP contribution in [0.2, 0.25) is 0 Å². The largest absolute Gasteiger partial charge is 0.309 e. The third-order valence-electron chi connectivity index (χ3n) is 2.13. The van der Waals surface area contributed by atoms with Crippen LogP contribution in [0.3, 0.4) is 0 Å². The lowest BCUT2D eigenvalue weighted by atomic mass is 10.4. The second kappa shape index (κ2) is 5.57. The van der Waals surface area contributed by atoms with E-state index in [0.29, 0.717) is 5.82 Å². The summed E-state index contributed by atoms with van der Waals surface area (Å²) in [4.78, 5) is 25.5. The maximum Gasteiger partial charge on any atom is 0.307 e. The predicted molar refractivity (Wildman–Crippen MR) is 69.4 cm³/mol. The lowest BCUT2D eigenvalue weighted by molar-refractivity contribution is -0.385. The number of hydrogen-bond donors (Lipinski definition) is 1. The van der Waals surface area contributed by atoms with Crippen LogP contribution in [0.1, 0.15) is 0 Å². The Bertz CT molecular complexity index is 610. The fraction of sp³-hybridized carbons (Fsp3) is 0.100. The number of carbonyl (C=O) groups excluding carboxylic acids is 1. The van der Waals surface area contributed by atoms with Crippen molar-refractivity contribution in [2.75, 3.05) is 5.32 Å². The van der Waals surface area contributed by atoms with Gasteiger partial charge in [-0.15, -0.1) is 0 Å². The van der Waals surface area contributed by atoms with Crippen molar-refractivity contribution in [2.24, 2.45) is 0 Å². The van der Waals surface area contributed by atoms with Gasteiger partial charge in [-0.05, 0) is 28.1 Å². The molecule has 0 aromatic carbocycles. The molecule has 2 rings (SSSR count). The van der Waals surface area contributed by atoms with Crippen LogP contribution in [0.25, 0.3) is 0 Å². The van der Waals surface area contributed by atoms with Crippen LogP contribution in [-0.2, 0) is 11.3 Å². The first-order valence-electron chi connectivity index (χ1n) is 5.13. The molecule has 0 aliphatic carbocycles. The van der Waals surface area contributed by atoms with Crippen molar-refractivity contribution in [3.05, 3.63) is 45.3 Å². The number of hydrogen-bond acceptors (Lipinski definition) is 5. The molecule has 19 heavy (non-hydrogen) atoms. The Balaban J connectivity index is 1.97. The quantitative estimate of drug-likeness (QED) is 0.679. The number of pyridine rings is 1. The monoisotopic (exact) mass is 325 g/mol. The van der Waals surface area contributed by atoms with Crippen molar-refractivity contribution >= 4 is 33.3 Å². The van der Waals surface area contributed by atoms with Gasteiger partial charge in [-0.25, -0.2) is 4.98 Å². The number of carbonyl (C=O) groups is 1. The molecule has 0 unspecified atom stereocenters. The second-order valence-corrected chi connectivity index (χ2v) is 4.48. The van der Waals surface area contributed by atoms with E-state index in [-0.39, 0.29) is 18.1 Å². The fourth-order valence-electron chi connectivity index (χ4n) is 1.31. The first-order valence-corrected chi connectivity index (χ1v) is 5.92. The van der Waals surface area contributed by atoms with Crippen molar-refractivity contribution in [3.8, 4) is 0 Å². The van der Waals surface area contributed by atoms with E-state index in [9.17, 15) is 14.9 Å². The normalized spacial score (nSPS) is 10.2. The fourth-order valence-corrected chi connectivity index (χ4v) is 1.55. The molecule has 98 valence electrons. The highest BCUT2D eigenvalue weighted by atomic mass is 79.9. The maximum atomic E-state index is 11.7. The van der Waals surface area contributed by atoms with Crippen LogP contribution in [0.4, 0.5) is 11.5 Å². The molecule has 0 spiro atoms. The summed E-state index contributed by atoms with van der Waals surface area (Å²) >= 11 is 3.23. The molecule has 1 N–H and O–H groups in total. The molecule has 1 amide bonds. The van der Waals surface area contributed by atoms with Crippen molar-refractivity contribution < 1.29 is 9.72 Å². The number of halogens is 1. The van der Waals surface area contributed by atoms with Gasteiger partial charge in [-0.2, -0.15) is 5.10 Å². The molecule has 2 aromatic rings. The van der Waals surface area contributed by atoms with Gasteiger partial charge in [0.2, 0.25) is 5.91 Å². The lowest BCUT2D eigenvalue weighted by Crippen LogP contribution is -2.19. The van der Waals surface area contributed by atoms with E-state index in [0.717, 1.165) is 10.7 Å². The van der Waals surface area contributed by atoms with Gasteiger partial charge in [0.05, 0.1) is 4.92 Å². The van der Waals surface area contributed by atoms with Crippen molar-refractivity contribution in [1.29, 1.82) is 0 Å². The molecule has 0 bridgehead atoms. The summed E-state index contributed by atoms with van der Waals surface area (Å²) in [6, 6.07) is 3.37. The number of aromatic nitrogens is 3. The zero-order valence-corrected chi connectivity index (χ0v) is 11.1. The molecule has 0 aliphatic rings. The molecule has 2 aromatic heterocycles. The van der Waals surface area contributed by atoms with E-state index < -0.39 is 4.92 Å². The van der Waals surface area contributed by atoms with Crippen LogP contribution in [0.15, 0.2) is 35.2 Å². The van der Waals surface area contributed by atoms with Gasteiger partial charge in [0, 0.05) is 10.7 Å². The Labute approximate surface area is 115 Å². The minimum atomic E-state index is -0.572. The molecule has 2 heterocycles. The van der Waals surface area contributed by atoms with Crippen LogP contribution < -0.4 is 5.32 Å². The third kappa shape index (κ3) is 3.58. The minimum Gasteiger partial charge on any atom is -0.309 e. The standard InChI is InChI=1S/C10H8BrN5O3/c11-7-1-2-9(12-3-7)14-10(17)6-15-5-8(4-13-15)16(18)19/h1-5H,6H2,(H,12,14,17). The van der Waals surface area contributed by atoms with Crippen molar-refractivity contribution in [2.45, 2.75) is 6.54 Å². The third-order valence-corrected chi connectivity index (χ3v) is 2.60. The van der Waals surface area contributed by atoms with E-state index in [1.807, 2.05) is 0 Å². The molecular formula is C10H8BrN5O3. The van der Waals surface area contributed by atoms with Crippen LogP contribution >= 0.6 is 15.9 Å². The summed E-state index contributed by atoms with van der Waals surface area (Å²) in [6.45, 7) is -0.119. The van der Waals surface area contributed by atoms with E-state index >= 15 is 0 Å². The average Bonchev–Trinajstić information content (AvgIpc) is 2.80. The Kier molecular flexibility index (Phi) is 3.85. The van der Waals surface area contributed by atoms with Gasteiger partial charge in [-0.3, -0.25) is 19.6 Å². The Morgan fingerprint density at radius 2 is 2.26 bits per heavy atom. The van der Waals surface area contributed by atoms with Gasteiger partial charge in [0.1, 0.15) is 24.8 Å². The summed E-state index contributed by atoms with van der Waals surface area (Å²) < 4.78 is 1.99. The SMILES string of the molecule is O=C(Cn1cc([N+](=O)[O-])cn1)Nc1ccc(Br)cn1. The van der Waals surface area contributed by atoms with Gasteiger partial charge < -0.3 is 5.32 Å². The van der Waals surface area contributed by atoms with Gasteiger partial charge >= 0.3 is 5.69 Å². The maximum absolute atomic E-state index is 11.7. The Morgan fingerprint density at radius 1 is 1.47 bits per heavy atom. The molecule has 8 nitrogen and oxygen atoms in total. The molecule has 0 saturated carbocycles. The minimum absolute atomic E-state index is 0.119. The van der Waals surface area contributed by atoms with Crippen molar-refractivity contribution in [1.82, 2.24) is 14.8 Å². The van der Waals surface area contributed by atoms with Gasteiger partial charge in [0.25, 0.3) is 0 Å². The summed E-state index contributed by atoms with van der Waals surface area (Å²) in [5.41, 5.74) is -0.158. The van der Waals surface area contributed by atoms with Gasteiger partial charge in [0.15, 0.2) is 0 Å².